The number of imidazole rings is 1. The summed E-state index contributed by atoms with van der Waals surface area (Å²) in [7, 11) is 0. The van der Waals surface area contributed by atoms with Crippen LogP contribution in [0.5, 0.6) is 0 Å². The molecule has 2 saturated heterocycles. The Kier molecular flexibility index (Phi) is 5.88. The van der Waals surface area contributed by atoms with E-state index in [0.717, 1.165) is 42.9 Å². The summed E-state index contributed by atoms with van der Waals surface area (Å²) in [5.74, 6) is 0.738. The third-order valence-electron chi connectivity index (χ3n) is 4.83. The highest BCUT2D eigenvalue weighted by atomic mass is 32.1. The Morgan fingerprint density at radius 3 is 3.00 bits per heavy atom. The molecule has 2 N–H and O–H groups in total. The first kappa shape index (κ1) is 19.3. The van der Waals surface area contributed by atoms with Gasteiger partial charge >= 0.3 is 0 Å². The highest BCUT2D eigenvalue weighted by Crippen LogP contribution is 2.31. The van der Waals surface area contributed by atoms with Gasteiger partial charge in [-0.25, -0.2) is 15.0 Å². The van der Waals surface area contributed by atoms with E-state index in [9.17, 15) is 0 Å². The number of rotatable bonds is 6. The second-order valence-electron chi connectivity index (χ2n) is 7.44. The molecule has 2 aromatic rings. The lowest BCUT2D eigenvalue weighted by atomic mass is 10.2. The van der Waals surface area contributed by atoms with Crippen LogP contribution >= 0.6 is 12.2 Å². The molecular formula is C18H26N6O3S. The maximum Gasteiger partial charge on any atom is 0.256 e. The number of ether oxygens (including phenoxy) is 3. The molecule has 4 rings (SSSR count). The van der Waals surface area contributed by atoms with Crippen LogP contribution in [0, 0.1) is 0 Å². The summed E-state index contributed by atoms with van der Waals surface area (Å²) in [6.07, 6.45) is 5.93. The Balaban J connectivity index is 1.40. The van der Waals surface area contributed by atoms with Crippen LogP contribution in [0.25, 0.3) is 11.2 Å². The van der Waals surface area contributed by atoms with E-state index in [0.29, 0.717) is 18.4 Å². The molecule has 10 heteroatoms. The fourth-order valence-electron chi connectivity index (χ4n) is 3.47. The van der Waals surface area contributed by atoms with Gasteiger partial charge in [-0.1, -0.05) is 0 Å². The molecule has 2 aliphatic rings. The van der Waals surface area contributed by atoms with Gasteiger partial charge in [0.15, 0.2) is 17.0 Å². The molecule has 0 spiro atoms. The van der Waals surface area contributed by atoms with E-state index in [1.165, 1.54) is 0 Å². The lowest BCUT2D eigenvalue weighted by Gasteiger charge is -2.17. The average molecular weight is 407 g/mol. The van der Waals surface area contributed by atoms with Crippen LogP contribution in [-0.4, -0.2) is 62.7 Å². The molecular weight excluding hydrogens is 380 g/mol. The Morgan fingerprint density at radius 2 is 2.21 bits per heavy atom. The van der Waals surface area contributed by atoms with Crippen LogP contribution < -0.4 is 10.6 Å². The van der Waals surface area contributed by atoms with E-state index >= 15 is 0 Å². The molecule has 0 radical (unpaired) electrons. The normalized spacial score (nSPS) is 24.8. The van der Waals surface area contributed by atoms with Crippen molar-refractivity contribution in [1.29, 1.82) is 0 Å². The predicted molar refractivity (Wildman–Crippen MR) is 108 cm³/mol. The number of hydrogen-bond donors (Lipinski definition) is 2. The molecule has 28 heavy (non-hydrogen) atoms. The van der Waals surface area contributed by atoms with Gasteiger partial charge in [0.1, 0.15) is 19.2 Å². The Hall–Kier alpha value is -2.04. The number of nitrogens with zero attached hydrogens (tertiary/aromatic N) is 4. The summed E-state index contributed by atoms with van der Waals surface area (Å²) in [6, 6.07) is 0.510. The highest BCUT2D eigenvalue weighted by molar-refractivity contribution is 7.80. The molecule has 2 aliphatic heterocycles. The molecule has 0 saturated carbocycles. The van der Waals surface area contributed by atoms with Crippen molar-refractivity contribution < 1.29 is 14.2 Å². The van der Waals surface area contributed by atoms with Crippen molar-refractivity contribution >= 4 is 34.4 Å². The van der Waals surface area contributed by atoms with Crippen LogP contribution in [0.15, 0.2) is 12.7 Å². The van der Waals surface area contributed by atoms with Crippen LogP contribution in [0.3, 0.4) is 0 Å². The van der Waals surface area contributed by atoms with E-state index in [1.54, 1.807) is 12.7 Å². The van der Waals surface area contributed by atoms with Crippen LogP contribution in [0.4, 0.5) is 5.82 Å². The zero-order valence-corrected chi connectivity index (χ0v) is 16.9. The summed E-state index contributed by atoms with van der Waals surface area (Å²) in [4.78, 5) is 13.3. The van der Waals surface area contributed by atoms with Gasteiger partial charge in [-0.2, -0.15) is 0 Å². The van der Waals surface area contributed by atoms with Crippen LogP contribution in [-0.2, 0) is 14.2 Å². The third-order valence-corrected chi connectivity index (χ3v) is 5.07. The van der Waals surface area contributed by atoms with Crippen molar-refractivity contribution in [3.63, 3.8) is 0 Å². The lowest BCUT2D eigenvalue weighted by molar-refractivity contribution is -0.0182. The van der Waals surface area contributed by atoms with Crippen molar-refractivity contribution in [3.05, 3.63) is 12.7 Å². The van der Waals surface area contributed by atoms with Crippen LogP contribution in [0.1, 0.15) is 39.3 Å². The van der Waals surface area contributed by atoms with Crippen molar-refractivity contribution in [2.75, 3.05) is 25.1 Å². The van der Waals surface area contributed by atoms with Crippen molar-refractivity contribution in [2.45, 2.75) is 57.5 Å². The SMILES string of the molecule is CC(C)NC(=S)OC[C@@H]1CCC(n2cnc3c(N[C@@H]4CCOC4)ncnc32)O1. The first-order valence-electron chi connectivity index (χ1n) is 9.70. The number of thiocarbonyl (C=S) groups is 1. The van der Waals surface area contributed by atoms with Crippen molar-refractivity contribution in [2.24, 2.45) is 0 Å². The minimum atomic E-state index is -0.122. The molecule has 4 heterocycles. The molecule has 0 aromatic carbocycles. The second kappa shape index (κ2) is 8.54. The minimum Gasteiger partial charge on any atom is -0.468 e. The monoisotopic (exact) mass is 406 g/mol. The van der Waals surface area contributed by atoms with Crippen molar-refractivity contribution in [3.8, 4) is 0 Å². The standard InChI is InChI=1S/C18H26N6O3S/c1-11(2)22-18(28)26-8-13-3-4-14(27-13)24-10-21-15-16(19-9-20-17(15)24)23-12-5-6-25-7-12/h9-14H,3-8H2,1-2H3,(H,22,28)(H,19,20,23)/t12-,13+,14?/m1/s1. The van der Waals surface area contributed by atoms with Gasteiger partial charge in [0, 0.05) is 12.6 Å². The molecule has 2 aromatic heterocycles. The lowest BCUT2D eigenvalue weighted by Crippen LogP contribution is -2.32. The summed E-state index contributed by atoms with van der Waals surface area (Å²) in [6.45, 7) is 5.94. The quantitative estimate of drug-likeness (QED) is 0.698. The number of anilines is 1. The van der Waals surface area contributed by atoms with E-state index in [-0.39, 0.29) is 24.4 Å². The molecule has 0 amide bonds. The molecule has 152 valence electrons. The van der Waals surface area contributed by atoms with E-state index in [2.05, 4.69) is 25.6 Å². The van der Waals surface area contributed by atoms with E-state index < -0.39 is 0 Å². The van der Waals surface area contributed by atoms with Gasteiger partial charge in [0.05, 0.1) is 25.1 Å². The van der Waals surface area contributed by atoms with Gasteiger partial charge in [0.2, 0.25) is 0 Å². The average Bonchev–Trinajstić information content (AvgIpc) is 3.40. The zero-order valence-electron chi connectivity index (χ0n) is 16.1. The molecule has 9 nitrogen and oxygen atoms in total. The summed E-state index contributed by atoms with van der Waals surface area (Å²) in [5, 5.41) is 6.89. The third kappa shape index (κ3) is 4.34. The fourth-order valence-corrected chi connectivity index (χ4v) is 3.77. The Labute approximate surface area is 169 Å². The largest absolute Gasteiger partial charge is 0.468 e. The number of aromatic nitrogens is 4. The molecule has 0 aliphatic carbocycles. The van der Waals surface area contributed by atoms with Gasteiger partial charge in [0.25, 0.3) is 5.17 Å². The fraction of sp³-hybridized carbons (Fsp3) is 0.667. The summed E-state index contributed by atoms with van der Waals surface area (Å²) >= 11 is 5.17. The predicted octanol–water partition coefficient (Wildman–Crippen LogP) is 2.00. The first-order valence-corrected chi connectivity index (χ1v) is 10.1. The minimum absolute atomic E-state index is 0.00978. The summed E-state index contributed by atoms with van der Waals surface area (Å²) < 4.78 is 19.2. The Morgan fingerprint density at radius 1 is 1.32 bits per heavy atom. The smallest absolute Gasteiger partial charge is 0.256 e. The number of fused-ring (bicyclic) bond motifs is 1. The van der Waals surface area contributed by atoms with Crippen molar-refractivity contribution in [1.82, 2.24) is 24.8 Å². The summed E-state index contributed by atoms with van der Waals surface area (Å²) in [5.41, 5.74) is 1.51. The van der Waals surface area contributed by atoms with E-state index in [1.807, 2.05) is 18.4 Å². The first-order chi connectivity index (χ1) is 13.6. The van der Waals surface area contributed by atoms with Gasteiger partial charge in [-0.15, -0.1) is 0 Å². The maximum atomic E-state index is 6.15. The van der Waals surface area contributed by atoms with Crippen LogP contribution in [0.2, 0.25) is 0 Å². The maximum absolute atomic E-state index is 6.15. The van der Waals surface area contributed by atoms with Gasteiger partial charge in [-0.05, 0) is 45.3 Å². The molecule has 0 bridgehead atoms. The zero-order chi connectivity index (χ0) is 19.5. The molecule has 3 atom stereocenters. The second-order valence-corrected chi connectivity index (χ2v) is 7.81. The van der Waals surface area contributed by atoms with Gasteiger partial charge in [-0.3, -0.25) is 4.57 Å². The highest BCUT2D eigenvalue weighted by Gasteiger charge is 2.29. The topological polar surface area (TPSA) is 95.4 Å². The Bertz CT molecular complexity index is 823. The number of nitrogens with one attached hydrogen (secondary N) is 2. The van der Waals surface area contributed by atoms with Gasteiger partial charge < -0.3 is 24.8 Å². The molecule has 1 unspecified atom stereocenters. The molecule has 2 fully saturated rings. The number of hydrogen-bond acceptors (Lipinski definition) is 8. The van der Waals surface area contributed by atoms with E-state index in [4.69, 9.17) is 26.4 Å².